The lowest BCUT2D eigenvalue weighted by molar-refractivity contribution is -0.122. The highest BCUT2D eigenvalue weighted by Crippen LogP contribution is 2.28. The predicted molar refractivity (Wildman–Crippen MR) is 103 cm³/mol. The van der Waals surface area contributed by atoms with E-state index in [-0.39, 0.29) is 24.2 Å². The Hall–Kier alpha value is -2.82. The molecule has 2 aromatic carbocycles. The summed E-state index contributed by atoms with van der Waals surface area (Å²) in [6.45, 7) is 6.85. The first-order valence-electron chi connectivity index (χ1n) is 8.90. The summed E-state index contributed by atoms with van der Waals surface area (Å²) in [7, 11) is 0. The van der Waals surface area contributed by atoms with Crippen molar-refractivity contribution in [2.75, 3.05) is 23.4 Å². The number of nitrogens with zero attached hydrogens (tertiary/aromatic N) is 1. The molecule has 5 heteroatoms. The van der Waals surface area contributed by atoms with E-state index in [0.29, 0.717) is 13.2 Å². The van der Waals surface area contributed by atoms with Gasteiger partial charge in [0, 0.05) is 24.3 Å². The summed E-state index contributed by atoms with van der Waals surface area (Å²) < 4.78 is 5.43. The van der Waals surface area contributed by atoms with E-state index in [1.54, 1.807) is 4.90 Å². The number of rotatable bonds is 5. The second kappa shape index (κ2) is 7.60. The zero-order valence-corrected chi connectivity index (χ0v) is 15.4. The van der Waals surface area contributed by atoms with Crippen molar-refractivity contribution < 1.29 is 14.3 Å². The number of carbonyl (C=O) groups is 2. The van der Waals surface area contributed by atoms with Gasteiger partial charge < -0.3 is 15.0 Å². The first-order chi connectivity index (χ1) is 12.5. The van der Waals surface area contributed by atoms with Crippen LogP contribution in [0.5, 0.6) is 5.75 Å². The molecule has 2 aromatic rings. The third-order valence-corrected chi connectivity index (χ3v) is 4.68. The molecule has 2 amide bonds. The number of ether oxygens (including phenoxy) is 1. The Morgan fingerprint density at radius 2 is 1.81 bits per heavy atom. The molecule has 3 rings (SSSR count). The molecule has 1 N–H and O–H groups in total. The van der Waals surface area contributed by atoms with Gasteiger partial charge in [-0.05, 0) is 56.2 Å². The van der Waals surface area contributed by atoms with Gasteiger partial charge in [0.1, 0.15) is 5.75 Å². The number of aryl methyl sites for hydroxylation is 2. The SMILES string of the molecule is CCOc1ccc(N2C[C@H](C(=O)Nc3c(C)cccc3C)CC2=O)cc1. The monoisotopic (exact) mass is 352 g/mol. The van der Waals surface area contributed by atoms with Gasteiger partial charge in [0.2, 0.25) is 11.8 Å². The van der Waals surface area contributed by atoms with E-state index in [1.807, 2.05) is 63.2 Å². The highest BCUT2D eigenvalue weighted by atomic mass is 16.5. The fourth-order valence-corrected chi connectivity index (χ4v) is 3.26. The smallest absolute Gasteiger partial charge is 0.229 e. The molecular formula is C21H24N2O3. The lowest BCUT2D eigenvalue weighted by atomic mass is 10.1. The number of hydrogen-bond acceptors (Lipinski definition) is 3. The van der Waals surface area contributed by atoms with Crippen molar-refractivity contribution in [3.63, 3.8) is 0 Å². The van der Waals surface area contributed by atoms with Gasteiger partial charge in [-0.25, -0.2) is 0 Å². The largest absolute Gasteiger partial charge is 0.494 e. The lowest BCUT2D eigenvalue weighted by Gasteiger charge is -2.18. The molecule has 0 saturated carbocycles. The number of para-hydroxylation sites is 1. The van der Waals surface area contributed by atoms with Crippen LogP contribution in [-0.4, -0.2) is 25.0 Å². The van der Waals surface area contributed by atoms with Crippen LogP contribution in [0.3, 0.4) is 0 Å². The molecule has 0 unspecified atom stereocenters. The van der Waals surface area contributed by atoms with Crippen molar-refractivity contribution in [2.45, 2.75) is 27.2 Å². The van der Waals surface area contributed by atoms with Gasteiger partial charge in [-0.1, -0.05) is 18.2 Å². The van der Waals surface area contributed by atoms with Crippen molar-refractivity contribution in [1.29, 1.82) is 0 Å². The highest BCUT2D eigenvalue weighted by molar-refractivity contribution is 6.03. The Labute approximate surface area is 154 Å². The molecule has 0 bridgehead atoms. The molecule has 136 valence electrons. The second-order valence-electron chi connectivity index (χ2n) is 6.59. The number of carbonyl (C=O) groups excluding carboxylic acids is 2. The van der Waals surface area contributed by atoms with Crippen LogP contribution in [0.2, 0.25) is 0 Å². The minimum Gasteiger partial charge on any atom is -0.494 e. The number of nitrogens with one attached hydrogen (secondary N) is 1. The van der Waals surface area contributed by atoms with E-state index in [9.17, 15) is 9.59 Å². The van der Waals surface area contributed by atoms with Gasteiger partial charge in [-0.2, -0.15) is 0 Å². The number of anilines is 2. The minimum atomic E-state index is -0.354. The highest BCUT2D eigenvalue weighted by Gasteiger charge is 2.35. The quantitative estimate of drug-likeness (QED) is 0.893. The van der Waals surface area contributed by atoms with Crippen LogP contribution in [0.15, 0.2) is 42.5 Å². The van der Waals surface area contributed by atoms with Gasteiger partial charge in [-0.3, -0.25) is 9.59 Å². The summed E-state index contributed by atoms with van der Waals surface area (Å²) in [5, 5.41) is 3.00. The Kier molecular flexibility index (Phi) is 5.26. The molecule has 0 spiro atoms. The zero-order valence-electron chi connectivity index (χ0n) is 15.4. The summed E-state index contributed by atoms with van der Waals surface area (Å²) in [5.74, 6) is 0.278. The minimum absolute atomic E-state index is 0.0317. The van der Waals surface area contributed by atoms with Crippen molar-refractivity contribution in [1.82, 2.24) is 0 Å². The predicted octanol–water partition coefficient (Wildman–Crippen LogP) is 3.69. The van der Waals surface area contributed by atoms with E-state index in [0.717, 1.165) is 28.3 Å². The fraction of sp³-hybridized carbons (Fsp3) is 0.333. The maximum absolute atomic E-state index is 12.7. The normalized spacial score (nSPS) is 16.7. The fourth-order valence-electron chi connectivity index (χ4n) is 3.26. The van der Waals surface area contributed by atoms with E-state index >= 15 is 0 Å². The summed E-state index contributed by atoms with van der Waals surface area (Å²) >= 11 is 0. The molecule has 1 heterocycles. The van der Waals surface area contributed by atoms with Gasteiger partial charge in [-0.15, -0.1) is 0 Å². The van der Waals surface area contributed by atoms with E-state index < -0.39 is 0 Å². The average Bonchev–Trinajstić information content (AvgIpc) is 3.01. The van der Waals surface area contributed by atoms with Crippen LogP contribution in [0.4, 0.5) is 11.4 Å². The average molecular weight is 352 g/mol. The molecule has 1 fully saturated rings. The second-order valence-corrected chi connectivity index (χ2v) is 6.59. The Balaban J connectivity index is 1.70. The van der Waals surface area contributed by atoms with Crippen LogP contribution in [0.1, 0.15) is 24.5 Å². The topological polar surface area (TPSA) is 58.6 Å². The molecule has 0 radical (unpaired) electrons. The van der Waals surface area contributed by atoms with Gasteiger partial charge >= 0.3 is 0 Å². The Morgan fingerprint density at radius 3 is 2.42 bits per heavy atom. The molecule has 1 atom stereocenters. The molecule has 0 aromatic heterocycles. The third kappa shape index (κ3) is 3.72. The third-order valence-electron chi connectivity index (χ3n) is 4.68. The van der Waals surface area contributed by atoms with Crippen LogP contribution < -0.4 is 15.0 Å². The molecular weight excluding hydrogens is 328 g/mol. The van der Waals surface area contributed by atoms with Crippen molar-refractivity contribution in [3.05, 3.63) is 53.6 Å². The summed E-state index contributed by atoms with van der Waals surface area (Å²) in [4.78, 5) is 26.7. The van der Waals surface area contributed by atoms with Crippen molar-refractivity contribution >= 4 is 23.2 Å². The number of amides is 2. The molecule has 5 nitrogen and oxygen atoms in total. The number of hydrogen-bond donors (Lipinski definition) is 1. The van der Waals surface area contributed by atoms with Crippen molar-refractivity contribution in [3.8, 4) is 5.75 Å². The maximum Gasteiger partial charge on any atom is 0.229 e. The van der Waals surface area contributed by atoms with Crippen molar-refractivity contribution in [2.24, 2.45) is 5.92 Å². The first-order valence-corrected chi connectivity index (χ1v) is 8.90. The van der Waals surface area contributed by atoms with Gasteiger partial charge in [0.15, 0.2) is 0 Å². The number of benzene rings is 2. The zero-order chi connectivity index (χ0) is 18.7. The van der Waals surface area contributed by atoms with Gasteiger partial charge in [0.25, 0.3) is 0 Å². The van der Waals surface area contributed by atoms with E-state index in [4.69, 9.17) is 4.74 Å². The molecule has 0 aliphatic carbocycles. The Morgan fingerprint density at radius 1 is 1.15 bits per heavy atom. The van der Waals surface area contributed by atoms with E-state index in [2.05, 4.69) is 5.32 Å². The van der Waals surface area contributed by atoms with Crippen LogP contribution in [-0.2, 0) is 9.59 Å². The first kappa shape index (κ1) is 18.0. The lowest BCUT2D eigenvalue weighted by Crippen LogP contribution is -2.28. The summed E-state index contributed by atoms with van der Waals surface area (Å²) in [6.07, 6.45) is 0.226. The molecule has 26 heavy (non-hydrogen) atoms. The van der Waals surface area contributed by atoms with Crippen LogP contribution in [0.25, 0.3) is 0 Å². The Bertz CT molecular complexity index is 794. The molecule has 1 aliphatic rings. The summed E-state index contributed by atoms with van der Waals surface area (Å²) in [5.41, 5.74) is 3.67. The molecule has 1 saturated heterocycles. The maximum atomic E-state index is 12.7. The van der Waals surface area contributed by atoms with Gasteiger partial charge in [0.05, 0.1) is 12.5 Å². The van der Waals surface area contributed by atoms with E-state index in [1.165, 1.54) is 0 Å². The summed E-state index contributed by atoms with van der Waals surface area (Å²) in [6, 6.07) is 13.3. The standard InChI is InChI=1S/C21H24N2O3/c1-4-26-18-10-8-17(9-11-18)23-13-16(12-19(23)24)21(25)22-20-14(2)6-5-7-15(20)3/h5-11,16H,4,12-13H2,1-3H3,(H,22,25)/t16-/m1/s1. The molecule has 1 aliphatic heterocycles. The van der Waals surface area contributed by atoms with Crippen LogP contribution >= 0.6 is 0 Å². The van der Waals surface area contributed by atoms with Crippen LogP contribution in [0, 0.1) is 19.8 Å².